The maximum atomic E-state index is 12.1. The molecule has 2 N–H and O–H groups in total. The van der Waals surface area contributed by atoms with Gasteiger partial charge in [0.1, 0.15) is 6.54 Å². The first-order chi connectivity index (χ1) is 9.95. The Labute approximate surface area is 121 Å². The Balaban J connectivity index is 2.01. The molecular weight excluding hydrogens is 272 g/mol. The fraction of sp³-hybridized carbons (Fsp3) is 0.214. The first-order valence-electron chi connectivity index (χ1n) is 6.31. The second kappa shape index (κ2) is 6.08. The molecule has 1 aromatic heterocycles. The molecule has 0 bridgehead atoms. The summed E-state index contributed by atoms with van der Waals surface area (Å²) in [5, 5.41) is 15.2. The van der Waals surface area contributed by atoms with E-state index in [4.69, 9.17) is 5.11 Å². The second-order valence-corrected chi connectivity index (χ2v) is 4.65. The lowest BCUT2D eigenvalue weighted by atomic mass is 10.2. The highest BCUT2D eigenvalue weighted by Gasteiger charge is 2.12. The van der Waals surface area contributed by atoms with Crippen molar-refractivity contribution >= 4 is 23.4 Å². The van der Waals surface area contributed by atoms with Gasteiger partial charge in [-0.3, -0.25) is 14.4 Å². The third-order valence-electron chi connectivity index (χ3n) is 2.91. The summed E-state index contributed by atoms with van der Waals surface area (Å²) < 4.78 is 1.24. The van der Waals surface area contributed by atoms with Crippen LogP contribution in [-0.2, 0) is 11.3 Å². The van der Waals surface area contributed by atoms with Crippen molar-refractivity contribution in [3.8, 4) is 0 Å². The fourth-order valence-electron chi connectivity index (χ4n) is 1.75. The number of carboxylic acids is 1. The van der Waals surface area contributed by atoms with Crippen LogP contribution in [0.3, 0.4) is 0 Å². The van der Waals surface area contributed by atoms with E-state index in [-0.39, 0.29) is 12.6 Å². The molecule has 7 heteroatoms. The maximum Gasteiger partial charge on any atom is 0.326 e. The lowest BCUT2D eigenvalue weighted by molar-refractivity contribution is -0.137. The highest BCUT2D eigenvalue weighted by atomic mass is 16.4. The number of carbonyl (C=O) groups excluding carboxylic acids is 1. The minimum Gasteiger partial charge on any atom is -0.480 e. The van der Waals surface area contributed by atoms with Gasteiger partial charge in [-0.15, -0.1) is 0 Å². The molecule has 7 nitrogen and oxygen atoms in total. The second-order valence-electron chi connectivity index (χ2n) is 4.65. The molecule has 0 aliphatic carbocycles. The average molecular weight is 288 g/mol. The highest BCUT2D eigenvalue weighted by molar-refractivity contribution is 6.01. The predicted octanol–water partition coefficient (Wildman–Crippen LogP) is 1.94. The number of hydrogen-bond donors (Lipinski definition) is 2. The Bertz CT molecular complexity index is 648. The molecule has 0 unspecified atom stereocenters. The van der Waals surface area contributed by atoms with E-state index in [1.807, 2.05) is 31.2 Å². The third kappa shape index (κ3) is 3.82. The molecule has 0 fully saturated rings. The zero-order valence-electron chi connectivity index (χ0n) is 11.8. The molecule has 1 heterocycles. The summed E-state index contributed by atoms with van der Waals surface area (Å²) >= 11 is 0. The normalized spacial score (nSPS) is 10.2. The first kappa shape index (κ1) is 14.6. The number of amides is 2. The SMILES string of the molecule is Cc1ccc(N(C)C(=O)Nc2cnn(CC(=O)O)c2)cc1. The Morgan fingerprint density at radius 2 is 2.00 bits per heavy atom. The molecule has 0 atom stereocenters. The van der Waals surface area contributed by atoms with Crippen LogP contribution in [0.1, 0.15) is 5.56 Å². The highest BCUT2D eigenvalue weighted by Crippen LogP contribution is 2.15. The van der Waals surface area contributed by atoms with Gasteiger partial charge in [-0.05, 0) is 19.1 Å². The van der Waals surface area contributed by atoms with Crippen LogP contribution in [-0.4, -0.2) is 33.9 Å². The van der Waals surface area contributed by atoms with Gasteiger partial charge in [0.15, 0.2) is 0 Å². The molecule has 0 aliphatic heterocycles. The standard InChI is InChI=1S/C14H16N4O3/c1-10-3-5-12(6-4-10)17(2)14(21)16-11-7-15-18(8-11)9-13(19)20/h3-8H,9H2,1-2H3,(H,16,21)(H,19,20). The molecule has 0 radical (unpaired) electrons. The molecular formula is C14H16N4O3. The summed E-state index contributed by atoms with van der Waals surface area (Å²) in [6.07, 6.45) is 2.87. The van der Waals surface area contributed by atoms with Crippen molar-refractivity contribution in [3.63, 3.8) is 0 Å². The van der Waals surface area contributed by atoms with Crippen LogP contribution in [0, 0.1) is 6.92 Å². The predicted molar refractivity (Wildman–Crippen MR) is 78.5 cm³/mol. The Morgan fingerprint density at radius 1 is 1.33 bits per heavy atom. The van der Waals surface area contributed by atoms with E-state index in [1.54, 1.807) is 7.05 Å². The minimum atomic E-state index is -0.993. The summed E-state index contributed by atoms with van der Waals surface area (Å²) in [6, 6.07) is 7.22. The summed E-state index contributed by atoms with van der Waals surface area (Å²) in [4.78, 5) is 24.1. The quantitative estimate of drug-likeness (QED) is 0.900. The largest absolute Gasteiger partial charge is 0.480 e. The van der Waals surface area contributed by atoms with Crippen LogP contribution < -0.4 is 10.2 Å². The van der Waals surface area contributed by atoms with Crippen LogP contribution in [0.5, 0.6) is 0 Å². The van der Waals surface area contributed by atoms with Gasteiger partial charge in [0, 0.05) is 18.9 Å². The van der Waals surface area contributed by atoms with Gasteiger partial charge in [0.2, 0.25) is 0 Å². The average Bonchev–Trinajstić information content (AvgIpc) is 2.85. The van der Waals surface area contributed by atoms with Gasteiger partial charge >= 0.3 is 12.0 Å². The molecule has 21 heavy (non-hydrogen) atoms. The van der Waals surface area contributed by atoms with Crippen molar-refractivity contribution in [2.75, 3.05) is 17.3 Å². The number of carboxylic acid groups (broad SMARTS) is 1. The van der Waals surface area contributed by atoms with E-state index in [1.165, 1.54) is 22.0 Å². The van der Waals surface area contributed by atoms with Crippen molar-refractivity contribution in [1.82, 2.24) is 9.78 Å². The number of nitrogens with zero attached hydrogens (tertiary/aromatic N) is 3. The van der Waals surface area contributed by atoms with Crippen molar-refractivity contribution in [2.24, 2.45) is 0 Å². The number of anilines is 2. The van der Waals surface area contributed by atoms with Gasteiger partial charge in [-0.2, -0.15) is 5.10 Å². The van der Waals surface area contributed by atoms with E-state index < -0.39 is 5.97 Å². The van der Waals surface area contributed by atoms with Gasteiger partial charge in [-0.25, -0.2) is 4.79 Å². The lowest BCUT2D eigenvalue weighted by Gasteiger charge is -2.17. The number of benzene rings is 1. The number of aromatic nitrogens is 2. The first-order valence-corrected chi connectivity index (χ1v) is 6.31. The molecule has 0 spiro atoms. The monoisotopic (exact) mass is 288 g/mol. The molecule has 2 amide bonds. The van der Waals surface area contributed by atoms with Crippen molar-refractivity contribution in [3.05, 3.63) is 42.2 Å². The van der Waals surface area contributed by atoms with Crippen molar-refractivity contribution in [1.29, 1.82) is 0 Å². The molecule has 2 rings (SSSR count). The van der Waals surface area contributed by atoms with Gasteiger partial charge in [0.25, 0.3) is 0 Å². The number of rotatable bonds is 4. The maximum absolute atomic E-state index is 12.1. The number of hydrogen-bond acceptors (Lipinski definition) is 3. The van der Waals surface area contributed by atoms with E-state index in [0.717, 1.165) is 11.3 Å². The number of carbonyl (C=O) groups is 2. The summed E-state index contributed by atoms with van der Waals surface area (Å²) in [6.45, 7) is 1.73. The lowest BCUT2D eigenvalue weighted by Crippen LogP contribution is -2.30. The fourth-order valence-corrected chi connectivity index (χ4v) is 1.75. The molecule has 0 saturated carbocycles. The van der Waals surface area contributed by atoms with Crippen molar-refractivity contribution in [2.45, 2.75) is 13.5 Å². The summed E-state index contributed by atoms with van der Waals surface area (Å²) in [5.74, 6) is -0.993. The zero-order valence-corrected chi connectivity index (χ0v) is 11.8. The summed E-state index contributed by atoms with van der Waals surface area (Å²) in [7, 11) is 1.65. The Morgan fingerprint density at radius 3 is 2.62 bits per heavy atom. The number of aliphatic carboxylic acids is 1. The van der Waals surface area contributed by atoms with Crippen molar-refractivity contribution < 1.29 is 14.7 Å². The van der Waals surface area contributed by atoms with Gasteiger partial charge in [-0.1, -0.05) is 17.7 Å². The minimum absolute atomic E-state index is 0.246. The van der Waals surface area contributed by atoms with Gasteiger partial charge < -0.3 is 10.4 Å². The van der Waals surface area contributed by atoms with E-state index in [2.05, 4.69) is 10.4 Å². The van der Waals surface area contributed by atoms with Gasteiger partial charge in [0.05, 0.1) is 11.9 Å². The van der Waals surface area contributed by atoms with Crippen LogP contribution in [0.25, 0.3) is 0 Å². The summed E-state index contributed by atoms with van der Waals surface area (Å²) in [5.41, 5.74) is 2.32. The number of aryl methyl sites for hydroxylation is 1. The molecule has 1 aromatic carbocycles. The van der Waals surface area contributed by atoms with E-state index in [0.29, 0.717) is 5.69 Å². The molecule has 2 aromatic rings. The van der Waals surface area contributed by atoms with Crippen LogP contribution >= 0.6 is 0 Å². The zero-order chi connectivity index (χ0) is 15.4. The Kier molecular flexibility index (Phi) is 4.22. The Hall–Kier alpha value is -2.83. The van der Waals surface area contributed by atoms with Crippen LogP contribution in [0.4, 0.5) is 16.2 Å². The van der Waals surface area contributed by atoms with E-state index >= 15 is 0 Å². The number of urea groups is 1. The molecule has 0 aliphatic rings. The number of nitrogens with one attached hydrogen (secondary N) is 1. The topological polar surface area (TPSA) is 87.5 Å². The molecule has 110 valence electrons. The third-order valence-corrected chi connectivity index (χ3v) is 2.91. The molecule has 0 saturated heterocycles. The smallest absolute Gasteiger partial charge is 0.326 e. The van der Waals surface area contributed by atoms with Crippen LogP contribution in [0.2, 0.25) is 0 Å². The van der Waals surface area contributed by atoms with E-state index in [9.17, 15) is 9.59 Å². The van der Waals surface area contributed by atoms with Crippen LogP contribution in [0.15, 0.2) is 36.7 Å².